The van der Waals surface area contributed by atoms with Crippen LogP contribution in [0.3, 0.4) is 0 Å². The molecule has 84 valence electrons. The Morgan fingerprint density at radius 1 is 1.29 bits per heavy atom. The molecular weight excluding hydrogens is 194 g/mol. The smallest absolute Gasteiger partial charge is 0.235 e. The summed E-state index contributed by atoms with van der Waals surface area (Å²) in [7, 11) is 0. The lowest BCUT2D eigenvalue weighted by molar-refractivity contribution is -0.133. The summed E-state index contributed by atoms with van der Waals surface area (Å²) in [6, 6.07) is 0.274. The van der Waals surface area contributed by atoms with Gasteiger partial charge in [0.25, 0.3) is 0 Å². The molecule has 0 aromatic rings. The van der Waals surface area contributed by atoms with Crippen molar-refractivity contribution >= 4 is 18.5 Å². The second-order valence-corrected chi connectivity index (χ2v) is 4.87. The van der Waals surface area contributed by atoms with Gasteiger partial charge < -0.3 is 4.90 Å². The summed E-state index contributed by atoms with van der Waals surface area (Å²) in [5, 5.41) is -0.163. The summed E-state index contributed by atoms with van der Waals surface area (Å²) in [4.78, 5) is 13.9. The third-order valence-electron chi connectivity index (χ3n) is 2.26. The monoisotopic (exact) mass is 217 g/mol. The lowest BCUT2D eigenvalue weighted by Gasteiger charge is -2.30. The first-order chi connectivity index (χ1) is 6.41. The Hall–Kier alpha value is -0.180. The molecule has 0 fully saturated rings. The van der Waals surface area contributed by atoms with E-state index in [2.05, 4.69) is 19.6 Å². The highest BCUT2D eigenvalue weighted by molar-refractivity contribution is 7.81. The summed E-state index contributed by atoms with van der Waals surface area (Å²) in [6.07, 6.45) is 1.00. The van der Waals surface area contributed by atoms with Gasteiger partial charge in [0.15, 0.2) is 0 Å². The molecule has 0 radical (unpaired) electrons. The first-order valence-electron chi connectivity index (χ1n) is 5.40. The quantitative estimate of drug-likeness (QED) is 0.702. The van der Waals surface area contributed by atoms with Crippen LogP contribution in [0.5, 0.6) is 0 Å². The minimum atomic E-state index is -0.163. The number of carbonyl (C=O) groups is 1. The van der Waals surface area contributed by atoms with Gasteiger partial charge in [0, 0.05) is 12.6 Å². The molecule has 0 heterocycles. The molecule has 0 rings (SSSR count). The van der Waals surface area contributed by atoms with Crippen LogP contribution in [0.15, 0.2) is 0 Å². The van der Waals surface area contributed by atoms with Crippen molar-refractivity contribution in [3.63, 3.8) is 0 Å². The first kappa shape index (κ1) is 13.8. The van der Waals surface area contributed by atoms with Gasteiger partial charge in [-0.3, -0.25) is 4.79 Å². The number of hydrogen-bond acceptors (Lipinski definition) is 2. The second-order valence-electron chi connectivity index (χ2n) is 4.31. The van der Waals surface area contributed by atoms with Gasteiger partial charge in [0.05, 0.1) is 5.25 Å². The van der Waals surface area contributed by atoms with E-state index in [0.29, 0.717) is 5.92 Å². The van der Waals surface area contributed by atoms with Crippen LogP contribution >= 0.6 is 12.6 Å². The average molecular weight is 217 g/mol. The highest BCUT2D eigenvalue weighted by Crippen LogP contribution is 2.14. The molecule has 0 aliphatic rings. The van der Waals surface area contributed by atoms with Crippen LogP contribution in [0.25, 0.3) is 0 Å². The van der Waals surface area contributed by atoms with Crippen molar-refractivity contribution in [1.82, 2.24) is 4.90 Å². The predicted molar refractivity (Wildman–Crippen MR) is 64.8 cm³/mol. The Labute approximate surface area is 93.5 Å². The van der Waals surface area contributed by atoms with E-state index in [-0.39, 0.29) is 17.2 Å². The van der Waals surface area contributed by atoms with Crippen molar-refractivity contribution in [2.75, 3.05) is 6.54 Å². The van der Waals surface area contributed by atoms with Gasteiger partial charge in [0.1, 0.15) is 0 Å². The number of rotatable bonds is 5. The van der Waals surface area contributed by atoms with E-state index < -0.39 is 0 Å². The fourth-order valence-corrected chi connectivity index (χ4v) is 1.47. The molecule has 0 aliphatic heterocycles. The molecule has 3 heteroatoms. The minimum Gasteiger partial charge on any atom is -0.339 e. The second kappa shape index (κ2) is 6.33. The van der Waals surface area contributed by atoms with E-state index in [9.17, 15) is 4.79 Å². The van der Waals surface area contributed by atoms with E-state index in [4.69, 9.17) is 0 Å². The molecule has 0 aromatic heterocycles. The van der Waals surface area contributed by atoms with Crippen molar-refractivity contribution in [2.24, 2.45) is 5.92 Å². The zero-order valence-electron chi connectivity index (χ0n) is 9.95. The van der Waals surface area contributed by atoms with Crippen molar-refractivity contribution in [3.05, 3.63) is 0 Å². The SMILES string of the molecule is CCCN(C(=O)C(S)C(C)C)C(C)C. The summed E-state index contributed by atoms with van der Waals surface area (Å²) in [5.41, 5.74) is 0. The van der Waals surface area contributed by atoms with Crippen molar-refractivity contribution in [3.8, 4) is 0 Å². The van der Waals surface area contributed by atoms with Crippen LogP contribution in [-0.2, 0) is 4.79 Å². The van der Waals surface area contributed by atoms with E-state index in [1.54, 1.807) is 0 Å². The Morgan fingerprint density at radius 2 is 1.79 bits per heavy atom. The van der Waals surface area contributed by atoms with Crippen LogP contribution in [0.2, 0.25) is 0 Å². The van der Waals surface area contributed by atoms with Crippen LogP contribution < -0.4 is 0 Å². The zero-order chi connectivity index (χ0) is 11.3. The lowest BCUT2D eigenvalue weighted by Crippen LogP contribution is -2.43. The maximum absolute atomic E-state index is 12.0. The highest BCUT2D eigenvalue weighted by Gasteiger charge is 2.24. The average Bonchev–Trinajstić information content (AvgIpc) is 2.11. The van der Waals surface area contributed by atoms with Crippen molar-refractivity contribution < 1.29 is 4.79 Å². The molecule has 1 atom stereocenters. The van der Waals surface area contributed by atoms with E-state index >= 15 is 0 Å². The third-order valence-corrected chi connectivity index (χ3v) is 3.07. The van der Waals surface area contributed by atoms with Gasteiger partial charge >= 0.3 is 0 Å². The molecule has 1 amide bonds. The molecule has 0 saturated carbocycles. The summed E-state index contributed by atoms with van der Waals surface area (Å²) < 4.78 is 0. The van der Waals surface area contributed by atoms with E-state index in [1.165, 1.54) is 0 Å². The van der Waals surface area contributed by atoms with Crippen LogP contribution in [0.4, 0.5) is 0 Å². The normalized spacial score (nSPS) is 13.4. The van der Waals surface area contributed by atoms with Gasteiger partial charge in [0.2, 0.25) is 5.91 Å². The highest BCUT2D eigenvalue weighted by atomic mass is 32.1. The summed E-state index contributed by atoms with van der Waals surface area (Å²) >= 11 is 4.36. The topological polar surface area (TPSA) is 20.3 Å². The Kier molecular flexibility index (Phi) is 6.25. The number of hydrogen-bond donors (Lipinski definition) is 1. The summed E-state index contributed by atoms with van der Waals surface area (Å²) in [5.74, 6) is 0.462. The third kappa shape index (κ3) is 3.91. The minimum absolute atomic E-state index is 0.163. The number of amides is 1. The fraction of sp³-hybridized carbons (Fsp3) is 0.909. The maximum Gasteiger partial charge on any atom is 0.235 e. The molecular formula is C11H23NOS. The molecule has 0 spiro atoms. The standard InChI is InChI=1S/C11H23NOS/c1-6-7-12(9(4)5)11(13)10(14)8(2)3/h8-10,14H,6-7H2,1-5H3. The summed E-state index contributed by atoms with van der Waals surface area (Å²) in [6.45, 7) is 11.1. The molecule has 0 bridgehead atoms. The first-order valence-corrected chi connectivity index (χ1v) is 5.92. The molecule has 0 aliphatic carbocycles. The fourth-order valence-electron chi connectivity index (χ4n) is 1.32. The molecule has 14 heavy (non-hydrogen) atoms. The van der Waals surface area contributed by atoms with Gasteiger partial charge in [-0.2, -0.15) is 12.6 Å². The van der Waals surface area contributed by atoms with Gasteiger partial charge in [-0.05, 0) is 26.2 Å². The van der Waals surface area contributed by atoms with Gasteiger partial charge in [-0.25, -0.2) is 0 Å². The number of carbonyl (C=O) groups excluding carboxylic acids is 1. The van der Waals surface area contributed by atoms with Crippen LogP contribution in [0.1, 0.15) is 41.0 Å². The van der Waals surface area contributed by atoms with Crippen molar-refractivity contribution in [1.29, 1.82) is 0 Å². The molecule has 0 N–H and O–H groups in total. The van der Waals surface area contributed by atoms with Crippen molar-refractivity contribution in [2.45, 2.75) is 52.3 Å². The largest absolute Gasteiger partial charge is 0.339 e. The van der Waals surface area contributed by atoms with E-state index in [0.717, 1.165) is 13.0 Å². The van der Waals surface area contributed by atoms with Gasteiger partial charge in [-0.15, -0.1) is 0 Å². The molecule has 1 unspecified atom stereocenters. The Balaban J connectivity index is 4.43. The van der Waals surface area contributed by atoms with E-state index in [1.807, 2.05) is 32.6 Å². The van der Waals surface area contributed by atoms with Crippen LogP contribution in [0, 0.1) is 5.92 Å². The predicted octanol–water partition coefficient (Wildman–Crippen LogP) is 2.59. The molecule has 0 saturated heterocycles. The Morgan fingerprint density at radius 3 is 2.07 bits per heavy atom. The van der Waals surface area contributed by atoms with Crippen LogP contribution in [-0.4, -0.2) is 28.6 Å². The number of nitrogens with zero attached hydrogens (tertiary/aromatic N) is 1. The lowest BCUT2D eigenvalue weighted by atomic mass is 10.1. The zero-order valence-corrected chi connectivity index (χ0v) is 10.8. The Bertz CT molecular complexity index is 180. The molecule has 2 nitrogen and oxygen atoms in total. The molecule has 0 aromatic carbocycles. The van der Waals surface area contributed by atoms with Gasteiger partial charge in [-0.1, -0.05) is 20.8 Å². The number of thiol groups is 1. The maximum atomic E-state index is 12.0.